The van der Waals surface area contributed by atoms with Gasteiger partial charge in [-0.15, -0.1) is 0 Å². The molecule has 67 heavy (non-hydrogen) atoms. The smallest absolute Gasteiger partial charge is 0.234 e. The van der Waals surface area contributed by atoms with Gasteiger partial charge >= 0.3 is 0 Å². The van der Waals surface area contributed by atoms with Gasteiger partial charge in [-0.2, -0.15) is 0 Å². The molecule has 0 aromatic heterocycles. The highest BCUT2D eigenvalue weighted by molar-refractivity contribution is 8.76. The van der Waals surface area contributed by atoms with E-state index < -0.39 is 85.9 Å². The lowest BCUT2D eigenvalue weighted by atomic mass is 9.39. The Morgan fingerprint density at radius 2 is 1.72 bits per heavy atom. The van der Waals surface area contributed by atoms with Crippen molar-refractivity contribution in [3.05, 3.63) is 47.6 Å². The van der Waals surface area contributed by atoms with Crippen LogP contribution in [0, 0.1) is 68.5 Å². The SMILES string of the molecule is CC(C)C(C)C1OC1C1(O)CC=CC2CC3C4=CC(=O)C5(CC(O)C(O)CC35C)C(O)SSCC3CCCC(CO)C35C(=O)N(CC53CCCC3O)c3cc(O)cc(c3)CCC23C1CCC43O. The van der Waals surface area contributed by atoms with Crippen molar-refractivity contribution in [2.24, 2.45) is 68.5 Å². The average molecular weight is 964 g/mol. The lowest BCUT2D eigenvalue weighted by molar-refractivity contribution is -0.206. The van der Waals surface area contributed by atoms with E-state index in [4.69, 9.17) is 4.74 Å². The highest BCUT2D eigenvalue weighted by Crippen LogP contribution is 2.76. The zero-order chi connectivity index (χ0) is 47.4. The van der Waals surface area contributed by atoms with Gasteiger partial charge in [0.15, 0.2) is 5.78 Å². The Kier molecular flexibility index (Phi) is 11.3. The third-order valence-electron chi connectivity index (χ3n) is 21.5. The number of fused-ring (bicyclic) bond motifs is 1. The van der Waals surface area contributed by atoms with Crippen LogP contribution in [0.1, 0.15) is 117 Å². The van der Waals surface area contributed by atoms with Gasteiger partial charge < -0.3 is 50.5 Å². The molecule has 5 saturated carbocycles. The van der Waals surface area contributed by atoms with Crippen LogP contribution in [-0.2, 0) is 20.7 Å². The molecule has 19 atom stereocenters. The molecule has 2 saturated heterocycles. The maximum absolute atomic E-state index is 15.8. The molecule has 7 aliphatic carbocycles. The molecule has 1 aromatic rings. The number of benzene rings is 1. The van der Waals surface area contributed by atoms with Crippen molar-refractivity contribution in [1.29, 1.82) is 0 Å². The summed E-state index contributed by atoms with van der Waals surface area (Å²) in [6.45, 7) is 8.46. The van der Waals surface area contributed by atoms with Crippen LogP contribution in [0.4, 0.5) is 5.69 Å². The summed E-state index contributed by atoms with van der Waals surface area (Å²) in [6, 6.07) is 5.31. The first-order valence-electron chi connectivity index (χ1n) is 25.6. The molecule has 12 aliphatic rings. The van der Waals surface area contributed by atoms with Gasteiger partial charge in [0.25, 0.3) is 0 Å². The Hall–Kier alpha value is -1.98. The first-order chi connectivity index (χ1) is 31.8. The van der Waals surface area contributed by atoms with Gasteiger partial charge in [0.05, 0.1) is 40.8 Å². The minimum atomic E-state index is -1.60. The molecule has 13 rings (SSSR count). The molecule has 5 aliphatic heterocycles. The van der Waals surface area contributed by atoms with Crippen LogP contribution in [-0.4, -0.2) is 119 Å². The fourth-order valence-electron chi connectivity index (χ4n) is 18.0. The lowest BCUT2D eigenvalue weighted by Gasteiger charge is -2.66. The molecular formula is C53H73NO11S2. The molecule has 368 valence electrons. The van der Waals surface area contributed by atoms with E-state index >= 15 is 9.59 Å². The van der Waals surface area contributed by atoms with Gasteiger partial charge in [0.1, 0.15) is 22.9 Å². The van der Waals surface area contributed by atoms with E-state index in [2.05, 4.69) is 32.9 Å². The molecule has 4 spiro atoms. The number of hydrogen-bond acceptors (Lipinski definition) is 13. The van der Waals surface area contributed by atoms with Gasteiger partial charge in [-0.25, -0.2) is 0 Å². The average Bonchev–Trinajstić information content (AvgIpc) is 3.87. The highest BCUT2D eigenvalue weighted by Gasteiger charge is 2.78. The van der Waals surface area contributed by atoms with Gasteiger partial charge in [0.2, 0.25) is 5.91 Å². The molecule has 7 fully saturated rings. The summed E-state index contributed by atoms with van der Waals surface area (Å²) in [5, 5.41) is 98.5. The predicted molar refractivity (Wildman–Crippen MR) is 255 cm³/mol. The number of phenols is 1. The van der Waals surface area contributed by atoms with Crippen LogP contribution < -0.4 is 4.90 Å². The number of aromatic hydroxyl groups is 1. The number of nitrogens with zero attached hydrogens (tertiary/aromatic N) is 1. The number of carbonyl (C=O) groups is 2. The molecule has 19 unspecified atom stereocenters. The van der Waals surface area contributed by atoms with Gasteiger partial charge in [-0.1, -0.05) is 74.3 Å². The molecule has 1 aromatic carbocycles. The predicted octanol–water partition coefficient (Wildman–Crippen LogP) is 5.84. The molecule has 8 N–H and O–H groups in total. The second-order valence-corrected chi connectivity index (χ2v) is 26.4. The number of aliphatic hydroxyl groups is 7. The topological polar surface area (TPSA) is 212 Å². The Labute approximate surface area is 402 Å². The minimum absolute atomic E-state index is 0.00972. The van der Waals surface area contributed by atoms with E-state index in [1.54, 1.807) is 23.1 Å². The molecular weight excluding hydrogens is 891 g/mol. The van der Waals surface area contributed by atoms with Gasteiger partial charge in [0, 0.05) is 47.4 Å². The number of ether oxygens (including phenoxy) is 1. The van der Waals surface area contributed by atoms with Crippen molar-refractivity contribution in [1.82, 2.24) is 0 Å². The van der Waals surface area contributed by atoms with Crippen LogP contribution in [0.25, 0.3) is 0 Å². The highest BCUT2D eigenvalue weighted by atomic mass is 33.1. The quantitative estimate of drug-likeness (QED) is 0.101. The number of aryl methyl sites for hydroxylation is 1. The van der Waals surface area contributed by atoms with Crippen LogP contribution in [0.15, 0.2) is 42.0 Å². The number of amides is 1. The third kappa shape index (κ3) is 6.03. The standard InChI is InChI=1S/C53H73NO11S2/c1-28(2)29(3)43-44(65-43)51(63)15-6-10-31-20-36-37-22-42(60)50(24-39(58)38(57)23-47(36,50)4)46(62)67-66-26-33-9-5-8-32(25-55)53(33)45(61)54(27-48(53)14-7-11-41(48)59)34-18-30(19-35(56)21-34)12-16-49(31)40(51)13-17-52(37,49)64/h6,10,18-19,21-22,28-29,31-33,36,38-41,43-44,46,55-59,62-64H,5,7-9,11-17,20,23-27H2,1-4H3. The summed E-state index contributed by atoms with van der Waals surface area (Å²) < 4.78 is 6.49. The van der Waals surface area contributed by atoms with Crippen LogP contribution in [0.3, 0.4) is 0 Å². The number of allylic oxidation sites excluding steroid dienone is 2. The zero-order valence-electron chi connectivity index (χ0n) is 39.6. The Morgan fingerprint density at radius 3 is 2.45 bits per heavy atom. The first-order valence-corrected chi connectivity index (χ1v) is 28.0. The first kappa shape index (κ1) is 47.4. The second-order valence-electron chi connectivity index (χ2n) is 24.0. The Bertz CT molecular complexity index is 2260. The van der Waals surface area contributed by atoms with Crippen molar-refractivity contribution in [2.75, 3.05) is 23.8 Å². The summed E-state index contributed by atoms with van der Waals surface area (Å²) in [5.74, 6) is -1.61. The largest absolute Gasteiger partial charge is 0.508 e. The van der Waals surface area contributed by atoms with Crippen molar-refractivity contribution in [3.8, 4) is 5.75 Å². The van der Waals surface area contributed by atoms with E-state index in [0.717, 1.165) is 18.4 Å². The fourth-order valence-corrected chi connectivity index (χ4v) is 21.1. The number of phenolic OH excluding ortho intramolecular Hbond substituents is 1. The third-order valence-corrected chi connectivity index (χ3v) is 24.1. The number of anilines is 1. The fraction of sp³-hybridized carbons (Fsp3) is 0.774. The number of rotatable bonds is 4. The summed E-state index contributed by atoms with van der Waals surface area (Å²) in [7, 11) is 2.56. The zero-order valence-corrected chi connectivity index (χ0v) is 41.2. The van der Waals surface area contributed by atoms with Crippen molar-refractivity contribution in [3.63, 3.8) is 0 Å². The number of carbonyl (C=O) groups excluding carboxylic acids is 2. The van der Waals surface area contributed by atoms with Crippen molar-refractivity contribution in [2.45, 2.75) is 165 Å². The molecule has 1 amide bonds. The molecule has 14 heteroatoms. The number of ketones is 1. The van der Waals surface area contributed by atoms with Crippen molar-refractivity contribution >= 4 is 39.0 Å². The number of aliphatic hydroxyl groups excluding tert-OH is 5. The van der Waals surface area contributed by atoms with Crippen LogP contribution >= 0.6 is 21.6 Å². The lowest BCUT2D eigenvalue weighted by Crippen LogP contribution is -2.70. The van der Waals surface area contributed by atoms with Gasteiger partial charge in [-0.3, -0.25) is 9.59 Å². The summed E-state index contributed by atoms with van der Waals surface area (Å²) in [6.07, 6.45) is 8.08. The van der Waals surface area contributed by atoms with Gasteiger partial charge in [-0.05, 0) is 147 Å². The van der Waals surface area contributed by atoms with Crippen molar-refractivity contribution < 1.29 is 55.2 Å². The number of hydrogen-bond donors (Lipinski definition) is 8. The summed E-state index contributed by atoms with van der Waals surface area (Å²) in [5.41, 5.74) is -8.08. The van der Waals surface area contributed by atoms with E-state index in [1.165, 1.54) is 21.6 Å². The van der Waals surface area contributed by atoms with E-state index in [0.29, 0.717) is 80.7 Å². The van der Waals surface area contributed by atoms with E-state index in [9.17, 15) is 40.9 Å². The summed E-state index contributed by atoms with van der Waals surface area (Å²) >= 11 is 0. The second kappa shape index (κ2) is 16.0. The number of epoxide rings is 1. The van der Waals surface area contributed by atoms with E-state index in [-0.39, 0.29) is 73.7 Å². The molecule has 8 bridgehead atoms. The maximum Gasteiger partial charge on any atom is 0.234 e. The molecule has 0 radical (unpaired) electrons. The Morgan fingerprint density at radius 1 is 0.940 bits per heavy atom. The Balaban J connectivity index is 1.11. The maximum atomic E-state index is 15.8. The normalized spacial score (nSPS) is 50.6. The molecule has 12 nitrogen and oxygen atoms in total. The van der Waals surface area contributed by atoms with Crippen LogP contribution in [0.2, 0.25) is 0 Å². The minimum Gasteiger partial charge on any atom is -0.508 e. The van der Waals surface area contributed by atoms with E-state index in [1.807, 2.05) is 13.0 Å². The van der Waals surface area contributed by atoms with Crippen LogP contribution in [0.5, 0.6) is 5.75 Å². The summed E-state index contributed by atoms with van der Waals surface area (Å²) in [4.78, 5) is 33.1. The molecule has 5 heterocycles. The monoisotopic (exact) mass is 963 g/mol.